The lowest BCUT2D eigenvalue weighted by atomic mass is 10.3. The van der Waals surface area contributed by atoms with E-state index < -0.39 is 15.6 Å². The Kier molecular flexibility index (Phi) is 3.75. The van der Waals surface area contributed by atoms with E-state index in [0.29, 0.717) is 17.9 Å². The predicted octanol–water partition coefficient (Wildman–Crippen LogP) is 2.00. The van der Waals surface area contributed by atoms with E-state index in [4.69, 9.17) is 9.47 Å². The minimum absolute atomic E-state index is 0.0844. The Morgan fingerprint density at radius 1 is 1.28 bits per heavy atom. The molecule has 0 amide bonds. The molecule has 0 bridgehead atoms. The maximum atomic E-state index is 12.1. The van der Waals surface area contributed by atoms with Crippen molar-refractivity contribution in [3.8, 4) is 0 Å². The maximum absolute atomic E-state index is 12.1. The molecule has 1 aliphatic heterocycles. The quantitative estimate of drug-likeness (QED) is 0.839. The van der Waals surface area contributed by atoms with Crippen molar-refractivity contribution < 1.29 is 17.9 Å². The van der Waals surface area contributed by atoms with Gasteiger partial charge in [0.2, 0.25) is 0 Å². The molecule has 1 heterocycles. The molecule has 5 heteroatoms. The highest BCUT2D eigenvalue weighted by molar-refractivity contribution is 7.91. The third kappa shape index (κ3) is 3.31. The first kappa shape index (κ1) is 13.5. The Hall–Kier alpha value is -0.910. The second-order valence-electron chi connectivity index (χ2n) is 4.87. The molecule has 0 N–H and O–H groups in total. The molecule has 2 rings (SSSR count). The fourth-order valence-corrected chi connectivity index (χ4v) is 3.32. The average Bonchev–Trinajstić information content (AvgIpc) is 2.68. The molecule has 1 saturated heterocycles. The van der Waals surface area contributed by atoms with Gasteiger partial charge in [0.05, 0.1) is 23.4 Å². The first-order valence-corrected chi connectivity index (χ1v) is 7.64. The van der Waals surface area contributed by atoms with E-state index in [-0.39, 0.29) is 11.9 Å². The number of rotatable bonds is 4. The monoisotopic (exact) mass is 270 g/mol. The first-order chi connectivity index (χ1) is 8.39. The Bertz CT molecular complexity index is 493. The van der Waals surface area contributed by atoms with Gasteiger partial charge in [0.1, 0.15) is 0 Å². The lowest BCUT2D eigenvalue weighted by Crippen LogP contribution is -2.23. The minimum atomic E-state index is -3.22. The van der Waals surface area contributed by atoms with Crippen LogP contribution in [0.2, 0.25) is 0 Å². The molecule has 1 aliphatic rings. The van der Waals surface area contributed by atoms with E-state index in [0.717, 1.165) is 0 Å². The van der Waals surface area contributed by atoms with Crippen LogP contribution in [0.15, 0.2) is 35.2 Å². The third-order valence-corrected chi connectivity index (χ3v) is 4.64. The molecular weight excluding hydrogens is 252 g/mol. The van der Waals surface area contributed by atoms with Gasteiger partial charge < -0.3 is 9.47 Å². The van der Waals surface area contributed by atoms with Crippen LogP contribution in [0.4, 0.5) is 0 Å². The van der Waals surface area contributed by atoms with Gasteiger partial charge in [-0.15, -0.1) is 0 Å². The summed E-state index contributed by atoms with van der Waals surface area (Å²) in [5, 5.41) is 0. The lowest BCUT2D eigenvalue weighted by Gasteiger charge is -2.17. The summed E-state index contributed by atoms with van der Waals surface area (Å²) in [4.78, 5) is 0.364. The zero-order valence-electron chi connectivity index (χ0n) is 10.6. The fraction of sp³-hybridized carbons (Fsp3) is 0.538. The molecular formula is C13H18O4S. The zero-order valence-corrected chi connectivity index (χ0v) is 11.4. The summed E-state index contributed by atoms with van der Waals surface area (Å²) in [7, 11) is -3.22. The van der Waals surface area contributed by atoms with Crippen molar-refractivity contribution in [1.29, 1.82) is 0 Å². The van der Waals surface area contributed by atoms with Crippen molar-refractivity contribution in [2.75, 3.05) is 12.4 Å². The number of hydrogen-bond donors (Lipinski definition) is 0. The summed E-state index contributed by atoms with van der Waals surface area (Å²) in [5.74, 6) is -0.512. The summed E-state index contributed by atoms with van der Waals surface area (Å²) in [6.45, 7) is 4.12. The molecule has 1 fully saturated rings. The molecule has 0 spiro atoms. The van der Waals surface area contributed by atoms with Gasteiger partial charge in [0.15, 0.2) is 15.6 Å². The second-order valence-corrected chi connectivity index (χ2v) is 6.98. The molecule has 0 radical (unpaired) electrons. The highest BCUT2D eigenvalue weighted by Crippen LogP contribution is 2.25. The van der Waals surface area contributed by atoms with Gasteiger partial charge in [-0.3, -0.25) is 0 Å². The minimum Gasteiger partial charge on any atom is -0.348 e. The second kappa shape index (κ2) is 4.99. The number of hydrogen-bond acceptors (Lipinski definition) is 4. The fourth-order valence-electron chi connectivity index (χ4n) is 1.94. The molecule has 1 aromatic carbocycles. The topological polar surface area (TPSA) is 52.6 Å². The summed E-state index contributed by atoms with van der Waals surface area (Å²) in [6, 6.07) is 8.49. The number of ether oxygens (including phenoxy) is 2. The van der Waals surface area contributed by atoms with E-state index in [1.165, 1.54) is 0 Å². The van der Waals surface area contributed by atoms with Crippen LogP contribution in [-0.4, -0.2) is 32.7 Å². The van der Waals surface area contributed by atoms with Crippen LogP contribution in [0.5, 0.6) is 0 Å². The van der Waals surface area contributed by atoms with E-state index >= 15 is 0 Å². The van der Waals surface area contributed by atoms with Gasteiger partial charge in [0.25, 0.3) is 0 Å². The number of sulfone groups is 1. The van der Waals surface area contributed by atoms with Gasteiger partial charge >= 0.3 is 0 Å². The normalized spacial score (nSPS) is 23.1. The van der Waals surface area contributed by atoms with Crippen molar-refractivity contribution in [2.45, 2.75) is 37.1 Å². The SMILES string of the molecule is CC1(C)OC[C@@H](CCS(=O)(=O)c2ccccc2)O1. The van der Waals surface area contributed by atoms with E-state index in [2.05, 4.69) is 0 Å². The zero-order chi connectivity index (χ0) is 13.2. The van der Waals surface area contributed by atoms with Crippen molar-refractivity contribution in [1.82, 2.24) is 0 Å². The van der Waals surface area contributed by atoms with Gasteiger partial charge in [-0.05, 0) is 32.4 Å². The first-order valence-electron chi connectivity index (χ1n) is 5.99. The highest BCUT2D eigenvalue weighted by Gasteiger charge is 2.33. The van der Waals surface area contributed by atoms with Gasteiger partial charge in [-0.2, -0.15) is 0 Å². The lowest BCUT2D eigenvalue weighted by molar-refractivity contribution is -0.138. The van der Waals surface area contributed by atoms with Crippen molar-refractivity contribution in [3.63, 3.8) is 0 Å². The van der Waals surface area contributed by atoms with Crippen LogP contribution in [0.1, 0.15) is 20.3 Å². The van der Waals surface area contributed by atoms with E-state index in [1.807, 2.05) is 13.8 Å². The third-order valence-electron chi connectivity index (χ3n) is 2.88. The van der Waals surface area contributed by atoms with E-state index in [1.54, 1.807) is 30.3 Å². The summed E-state index contributed by atoms with van der Waals surface area (Å²) < 4.78 is 35.1. The van der Waals surface area contributed by atoms with Crippen LogP contribution in [-0.2, 0) is 19.3 Å². The van der Waals surface area contributed by atoms with Crippen molar-refractivity contribution in [3.05, 3.63) is 30.3 Å². The van der Waals surface area contributed by atoms with Crippen LogP contribution in [0.25, 0.3) is 0 Å². The van der Waals surface area contributed by atoms with Crippen LogP contribution in [0.3, 0.4) is 0 Å². The Morgan fingerprint density at radius 3 is 2.50 bits per heavy atom. The molecule has 0 unspecified atom stereocenters. The molecule has 1 aromatic rings. The Labute approximate surface area is 108 Å². The molecule has 18 heavy (non-hydrogen) atoms. The van der Waals surface area contributed by atoms with Crippen LogP contribution >= 0.6 is 0 Å². The Morgan fingerprint density at radius 2 is 1.94 bits per heavy atom. The summed E-state index contributed by atoms with van der Waals surface area (Å²) in [6.07, 6.45) is 0.319. The molecule has 0 aliphatic carbocycles. The summed E-state index contributed by atoms with van der Waals surface area (Å²) >= 11 is 0. The van der Waals surface area contributed by atoms with Gasteiger partial charge in [-0.1, -0.05) is 18.2 Å². The average molecular weight is 270 g/mol. The molecule has 1 atom stereocenters. The largest absolute Gasteiger partial charge is 0.348 e. The summed E-state index contributed by atoms with van der Waals surface area (Å²) in [5.41, 5.74) is 0. The molecule has 4 nitrogen and oxygen atoms in total. The van der Waals surface area contributed by atoms with Crippen molar-refractivity contribution in [2.24, 2.45) is 0 Å². The van der Waals surface area contributed by atoms with E-state index in [9.17, 15) is 8.42 Å². The standard InChI is InChI=1S/C13H18O4S/c1-13(2)16-10-11(17-13)8-9-18(14,15)12-6-4-3-5-7-12/h3-7,11H,8-10H2,1-2H3/t11-/m1/s1. The molecule has 0 saturated carbocycles. The Balaban J connectivity index is 1.95. The predicted molar refractivity (Wildman–Crippen MR) is 68.0 cm³/mol. The number of benzene rings is 1. The highest BCUT2D eigenvalue weighted by atomic mass is 32.2. The molecule has 0 aromatic heterocycles. The smallest absolute Gasteiger partial charge is 0.178 e. The van der Waals surface area contributed by atoms with Crippen LogP contribution < -0.4 is 0 Å². The van der Waals surface area contributed by atoms with Gasteiger partial charge in [-0.25, -0.2) is 8.42 Å². The molecule has 100 valence electrons. The van der Waals surface area contributed by atoms with Crippen molar-refractivity contribution >= 4 is 9.84 Å². The van der Waals surface area contributed by atoms with Crippen LogP contribution in [0, 0.1) is 0 Å². The maximum Gasteiger partial charge on any atom is 0.178 e. The van der Waals surface area contributed by atoms with Gasteiger partial charge in [0, 0.05) is 0 Å².